The minimum Gasteiger partial charge on any atom is -0.396 e. The highest BCUT2D eigenvalue weighted by Gasteiger charge is 2.20. The van der Waals surface area contributed by atoms with Crippen molar-refractivity contribution in [3.8, 4) is 0 Å². The fourth-order valence-corrected chi connectivity index (χ4v) is 2.17. The van der Waals surface area contributed by atoms with E-state index < -0.39 is 0 Å². The van der Waals surface area contributed by atoms with E-state index in [0.717, 1.165) is 24.2 Å². The maximum atomic E-state index is 9.24. The first kappa shape index (κ1) is 10.5. The van der Waals surface area contributed by atoms with E-state index in [-0.39, 0.29) is 12.5 Å². The molecular weight excluding hydrogens is 190 g/mol. The molecule has 0 amide bonds. The lowest BCUT2D eigenvalue weighted by atomic mass is 9.90. The van der Waals surface area contributed by atoms with Crippen LogP contribution in [0.2, 0.25) is 0 Å². The highest BCUT2D eigenvalue weighted by Crippen LogP contribution is 2.25. The second-order valence-electron chi connectivity index (χ2n) is 4.01. The van der Waals surface area contributed by atoms with Crippen molar-refractivity contribution in [2.45, 2.75) is 31.6 Å². The molecule has 0 aliphatic heterocycles. The van der Waals surface area contributed by atoms with Crippen LogP contribution in [-0.2, 0) is 12.8 Å². The molecule has 0 radical (unpaired) electrons. The van der Waals surface area contributed by atoms with E-state index in [4.69, 9.17) is 5.73 Å². The molecule has 0 bridgehead atoms. The second kappa shape index (κ2) is 4.68. The van der Waals surface area contributed by atoms with Crippen molar-refractivity contribution in [1.29, 1.82) is 0 Å². The summed E-state index contributed by atoms with van der Waals surface area (Å²) >= 11 is 0. The van der Waals surface area contributed by atoms with E-state index in [1.165, 1.54) is 18.4 Å². The number of aliphatic hydroxyl groups is 1. The van der Waals surface area contributed by atoms with Gasteiger partial charge in [-0.2, -0.15) is 0 Å². The van der Waals surface area contributed by atoms with Gasteiger partial charge in [0, 0.05) is 18.2 Å². The van der Waals surface area contributed by atoms with E-state index >= 15 is 0 Å². The van der Waals surface area contributed by atoms with E-state index in [2.05, 4.69) is 9.97 Å². The van der Waals surface area contributed by atoms with Gasteiger partial charge in [0.1, 0.15) is 6.33 Å². The first-order valence-electron chi connectivity index (χ1n) is 5.50. The molecule has 1 aromatic heterocycles. The summed E-state index contributed by atoms with van der Waals surface area (Å²) in [5.74, 6) is -0.0279. The molecule has 0 fully saturated rings. The van der Waals surface area contributed by atoms with E-state index in [0.29, 0.717) is 6.54 Å². The van der Waals surface area contributed by atoms with Crippen molar-refractivity contribution >= 4 is 0 Å². The van der Waals surface area contributed by atoms with Gasteiger partial charge < -0.3 is 10.8 Å². The van der Waals surface area contributed by atoms with Crippen LogP contribution in [0.3, 0.4) is 0 Å². The number of aromatic nitrogens is 2. The summed E-state index contributed by atoms with van der Waals surface area (Å²) < 4.78 is 0. The summed E-state index contributed by atoms with van der Waals surface area (Å²) in [7, 11) is 0. The lowest BCUT2D eigenvalue weighted by molar-refractivity contribution is 0.264. The maximum absolute atomic E-state index is 9.24. The summed E-state index contributed by atoms with van der Waals surface area (Å²) in [6.45, 7) is 0.514. The maximum Gasteiger partial charge on any atom is 0.115 e. The Morgan fingerprint density at radius 1 is 1.33 bits per heavy atom. The van der Waals surface area contributed by atoms with Gasteiger partial charge in [0.15, 0.2) is 0 Å². The largest absolute Gasteiger partial charge is 0.396 e. The standard InChI is InChI=1S/C11H17N3O/c12-5-8(6-15)11-9-3-1-2-4-10(9)13-7-14-11/h7-8,15H,1-6,12H2. The fourth-order valence-electron chi connectivity index (χ4n) is 2.17. The van der Waals surface area contributed by atoms with Crippen LogP contribution in [0, 0.1) is 0 Å². The van der Waals surface area contributed by atoms with Gasteiger partial charge in [-0.15, -0.1) is 0 Å². The Balaban J connectivity index is 2.38. The highest BCUT2D eigenvalue weighted by atomic mass is 16.3. The third kappa shape index (κ3) is 2.01. The van der Waals surface area contributed by atoms with Gasteiger partial charge in [-0.1, -0.05) is 0 Å². The lowest BCUT2D eigenvalue weighted by Gasteiger charge is -2.20. The zero-order chi connectivity index (χ0) is 10.7. The van der Waals surface area contributed by atoms with Crippen molar-refractivity contribution in [2.75, 3.05) is 13.2 Å². The monoisotopic (exact) mass is 207 g/mol. The molecule has 15 heavy (non-hydrogen) atoms. The molecule has 1 aliphatic carbocycles. The number of nitrogens with zero attached hydrogens (tertiary/aromatic N) is 2. The molecule has 2 rings (SSSR count). The van der Waals surface area contributed by atoms with Crippen LogP contribution in [0.25, 0.3) is 0 Å². The molecule has 1 heterocycles. The quantitative estimate of drug-likeness (QED) is 0.752. The van der Waals surface area contributed by atoms with Gasteiger partial charge in [-0.3, -0.25) is 0 Å². The SMILES string of the molecule is NCC(CO)c1ncnc2c1CCCC2. The van der Waals surface area contributed by atoms with Gasteiger partial charge in [0.05, 0.1) is 12.3 Å². The summed E-state index contributed by atoms with van der Waals surface area (Å²) in [6, 6.07) is 0. The average molecular weight is 207 g/mol. The van der Waals surface area contributed by atoms with Crippen molar-refractivity contribution in [3.05, 3.63) is 23.3 Å². The van der Waals surface area contributed by atoms with Gasteiger partial charge >= 0.3 is 0 Å². The first-order chi connectivity index (χ1) is 7.36. The lowest BCUT2D eigenvalue weighted by Crippen LogP contribution is -2.21. The predicted octanol–water partition coefficient (Wildman–Crippen LogP) is 0.390. The molecule has 1 unspecified atom stereocenters. The molecule has 4 heteroatoms. The number of aliphatic hydroxyl groups excluding tert-OH is 1. The highest BCUT2D eigenvalue weighted by molar-refractivity contribution is 5.29. The molecule has 1 aliphatic rings. The molecular formula is C11H17N3O. The molecule has 1 aromatic rings. The first-order valence-corrected chi connectivity index (χ1v) is 5.50. The van der Waals surface area contributed by atoms with Crippen LogP contribution in [0.1, 0.15) is 35.7 Å². The zero-order valence-electron chi connectivity index (χ0n) is 8.82. The van der Waals surface area contributed by atoms with E-state index in [9.17, 15) is 5.11 Å². The number of aryl methyl sites for hydroxylation is 1. The second-order valence-corrected chi connectivity index (χ2v) is 4.01. The summed E-state index contributed by atoms with van der Waals surface area (Å²) in [5.41, 5.74) is 8.97. The van der Waals surface area contributed by atoms with Crippen LogP contribution < -0.4 is 5.73 Å². The zero-order valence-corrected chi connectivity index (χ0v) is 8.82. The number of rotatable bonds is 3. The molecule has 4 nitrogen and oxygen atoms in total. The topological polar surface area (TPSA) is 72.0 Å². The third-order valence-corrected chi connectivity index (χ3v) is 3.05. The normalized spacial score (nSPS) is 17.2. The number of hydrogen-bond donors (Lipinski definition) is 2. The smallest absolute Gasteiger partial charge is 0.115 e. The van der Waals surface area contributed by atoms with Gasteiger partial charge in [0.25, 0.3) is 0 Å². The Morgan fingerprint density at radius 3 is 2.87 bits per heavy atom. The Morgan fingerprint density at radius 2 is 2.13 bits per heavy atom. The van der Waals surface area contributed by atoms with Crippen LogP contribution in [0.4, 0.5) is 0 Å². The summed E-state index contributed by atoms with van der Waals surface area (Å²) in [6.07, 6.45) is 6.05. The Bertz CT molecular complexity index is 337. The summed E-state index contributed by atoms with van der Waals surface area (Å²) in [4.78, 5) is 8.58. The number of fused-ring (bicyclic) bond motifs is 1. The van der Waals surface area contributed by atoms with E-state index in [1.807, 2.05) is 0 Å². The van der Waals surface area contributed by atoms with Crippen molar-refractivity contribution < 1.29 is 5.11 Å². The minimum atomic E-state index is -0.0279. The molecule has 0 saturated carbocycles. The van der Waals surface area contributed by atoms with Crippen LogP contribution in [0.5, 0.6) is 0 Å². The van der Waals surface area contributed by atoms with Crippen molar-refractivity contribution in [3.63, 3.8) is 0 Å². The average Bonchev–Trinajstić information content (AvgIpc) is 2.31. The Labute approximate surface area is 89.6 Å². The Kier molecular flexibility index (Phi) is 3.28. The van der Waals surface area contributed by atoms with Crippen LogP contribution >= 0.6 is 0 Å². The molecule has 82 valence electrons. The third-order valence-electron chi connectivity index (χ3n) is 3.05. The number of hydrogen-bond acceptors (Lipinski definition) is 4. The minimum absolute atomic E-state index is 0.0279. The summed E-state index contributed by atoms with van der Waals surface area (Å²) in [5, 5.41) is 9.24. The molecule has 3 N–H and O–H groups in total. The molecule has 0 aromatic carbocycles. The van der Waals surface area contributed by atoms with Crippen molar-refractivity contribution in [2.24, 2.45) is 5.73 Å². The van der Waals surface area contributed by atoms with E-state index in [1.54, 1.807) is 6.33 Å². The van der Waals surface area contributed by atoms with Crippen LogP contribution in [-0.4, -0.2) is 28.2 Å². The molecule has 0 spiro atoms. The predicted molar refractivity (Wildman–Crippen MR) is 57.6 cm³/mol. The molecule has 0 saturated heterocycles. The number of nitrogens with two attached hydrogens (primary N) is 1. The van der Waals surface area contributed by atoms with Gasteiger partial charge in [-0.25, -0.2) is 9.97 Å². The van der Waals surface area contributed by atoms with Crippen molar-refractivity contribution in [1.82, 2.24) is 9.97 Å². The van der Waals surface area contributed by atoms with Gasteiger partial charge in [0.2, 0.25) is 0 Å². The Hall–Kier alpha value is -1.00. The van der Waals surface area contributed by atoms with Gasteiger partial charge in [-0.05, 0) is 31.2 Å². The van der Waals surface area contributed by atoms with Crippen LogP contribution in [0.15, 0.2) is 6.33 Å². The fraction of sp³-hybridized carbons (Fsp3) is 0.636. The molecule has 1 atom stereocenters.